The molecular formula is C41H49ClFN5O4SSi. The van der Waals surface area contributed by atoms with Crippen LogP contribution < -0.4 is 0 Å². The van der Waals surface area contributed by atoms with Crippen molar-refractivity contribution in [2.45, 2.75) is 76.1 Å². The second kappa shape index (κ2) is 15.9. The molecule has 2 N–H and O–H groups in total. The van der Waals surface area contributed by atoms with Crippen LogP contribution in [-0.4, -0.2) is 57.7 Å². The van der Waals surface area contributed by atoms with Crippen LogP contribution >= 0.6 is 23.4 Å². The van der Waals surface area contributed by atoms with Crippen molar-refractivity contribution in [3.63, 3.8) is 0 Å². The minimum atomic E-state index is -1.90. The lowest BCUT2D eigenvalue weighted by molar-refractivity contribution is 0.0593. The van der Waals surface area contributed by atoms with Crippen LogP contribution in [0.3, 0.4) is 0 Å². The Bertz CT molecular complexity index is 2330. The zero-order valence-corrected chi connectivity index (χ0v) is 34.8. The average Bonchev–Trinajstić information content (AvgIpc) is 3.78. The van der Waals surface area contributed by atoms with Crippen LogP contribution in [0.2, 0.25) is 23.2 Å². The highest BCUT2D eigenvalue weighted by Crippen LogP contribution is 2.41. The van der Waals surface area contributed by atoms with E-state index in [0.717, 1.165) is 63.1 Å². The minimum Gasteiger partial charge on any atom is -0.507 e. The number of esters is 1. The van der Waals surface area contributed by atoms with Crippen LogP contribution in [0.4, 0.5) is 4.39 Å². The normalized spacial score (nSPS) is 12.3. The van der Waals surface area contributed by atoms with Gasteiger partial charge in [0.25, 0.3) is 0 Å². The summed E-state index contributed by atoms with van der Waals surface area (Å²) in [5.74, 6) is 0.755. The molecule has 0 aliphatic carbocycles. The number of nitrogens with zero attached hydrogens (tertiary/aromatic N) is 4. The number of benzene rings is 3. The molecule has 0 aliphatic rings. The van der Waals surface area contributed by atoms with Crippen molar-refractivity contribution in [1.29, 1.82) is 0 Å². The fourth-order valence-electron chi connectivity index (χ4n) is 6.70. The van der Waals surface area contributed by atoms with Gasteiger partial charge in [0, 0.05) is 59.8 Å². The molecule has 0 unspecified atom stereocenters. The van der Waals surface area contributed by atoms with Crippen LogP contribution in [0.25, 0.3) is 32.9 Å². The summed E-state index contributed by atoms with van der Waals surface area (Å²) >= 11 is 8.69. The number of halogens is 2. The summed E-state index contributed by atoms with van der Waals surface area (Å²) in [7, 11) is 3.33. The predicted octanol–water partition coefficient (Wildman–Crippen LogP) is 9.91. The molecule has 0 amide bonds. The molecule has 286 valence electrons. The van der Waals surface area contributed by atoms with Crippen molar-refractivity contribution in [3.8, 4) is 17.0 Å². The molecule has 9 nitrogen and oxygen atoms in total. The molecule has 3 heterocycles. The van der Waals surface area contributed by atoms with Gasteiger partial charge in [-0.25, -0.2) is 9.18 Å². The fourth-order valence-corrected chi connectivity index (χ4v) is 8.92. The second-order valence-corrected chi connectivity index (χ2v) is 21.6. The molecule has 0 fully saturated rings. The SMILES string of the molecule is COC(=O)c1[nH]c2c(-c3c(CSCc4cc(CCc5cc(O)c6ccc(F)cc6c5)n(C)n4)cnn3C)c(Cl)ccc2c1CCCO[Si](C)(C)C(C)(C)C. The number of aromatic hydroxyl groups is 1. The summed E-state index contributed by atoms with van der Waals surface area (Å²) in [6, 6.07) is 14.1. The Morgan fingerprint density at radius 3 is 2.52 bits per heavy atom. The molecule has 0 atom stereocenters. The number of phenolic OH excluding ortho intramolecular Hbond substituents is 1. The van der Waals surface area contributed by atoms with E-state index in [9.17, 15) is 14.3 Å². The van der Waals surface area contributed by atoms with E-state index in [0.29, 0.717) is 52.4 Å². The molecule has 3 aromatic carbocycles. The first-order chi connectivity index (χ1) is 25.6. The van der Waals surface area contributed by atoms with E-state index in [-0.39, 0.29) is 16.6 Å². The highest BCUT2D eigenvalue weighted by molar-refractivity contribution is 7.97. The molecule has 0 saturated carbocycles. The van der Waals surface area contributed by atoms with Crippen molar-refractivity contribution in [2.75, 3.05) is 13.7 Å². The summed E-state index contributed by atoms with van der Waals surface area (Å²) < 4.78 is 29.2. The molecule has 0 spiro atoms. The van der Waals surface area contributed by atoms with Crippen LogP contribution in [0.1, 0.15) is 65.8 Å². The Morgan fingerprint density at radius 1 is 1.02 bits per heavy atom. The maximum absolute atomic E-state index is 13.8. The number of fused-ring (bicyclic) bond motifs is 2. The summed E-state index contributed by atoms with van der Waals surface area (Å²) in [5.41, 5.74) is 7.74. The van der Waals surface area contributed by atoms with E-state index in [1.807, 2.05) is 47.9 Å². The molecule has 0 saturated heterocycles. The van der Waals surface area contributed by atoms with Gasteiger partial charge in [0.1, 0.15) is 17.3 Å². The van der Waals surface area contributed by atoms with Gasteiger partial charge in [-0.2, -0.15) is 22.0 Å². The monoisotopic (exact) mass is 789 g/mol. The number of nitrogens with one attached hydrogen (secondary N) is 1. The molecule has 3 aromatic heterocycles. The summed E-state index contributed by atoms with van der Waals surface area (Å²) in [6.07, 6.45) is 4.68. The van der Waals surface area contributed by atoms with E-state index in [1.165, 1.54) is 19.2 Å². The van der Waals surface area contributed by atoms with E-state index >= 15 is 0 Å². The van der Waals surface area contributed by atoms with Crippen LogP contribution in [-0.2, 0) is 54.0 Å². The molecule has 0 bridgehead atoms. The standard InChI is InChI=1S/C41H49ClFN5O4SSi/c1-41(2,3)54(7,8)52-17-9-10-32-33-15-16-34(42)36(37(33)45-38(32)40(50)51-6)39-27(22-44-48(39)5)23-53-24-29-21-30(47(4)46-29)13-11-25-18-26-20-28(43)12-14-31(26)35(49)19-25/h12,14-16,18-22,45,49H,9-11,13,17,23-24H2,1-8H3. The quantitative estimate of drug-likeness (QED) is 0.0643. The lowest BCUT2D eigenvalue weighted by Crippen LogP contribution is -2.41. The first kappa shape index (κ1) is 39.6. The number of hydrogen-bond acceptors (Lipinski definition) is 7. The second-order valence-electron chi connectivity index (χ2n) is 15.4. The number of carbonyl (C=O) groups is 1. The molecule has 6 aromatic rings. The third-order valence-electron chi connectivity index (χ3n) is 10.7. The lowest BCUT2D eigenvalue weighted by atomic mass is 10.0. The number of thioether (sulfide) groups is 1. The first-order valence-electron chi connectivity index (χ1n) is 18.1. The number of ether oxygens (including phenoxy) is 1. The van der Waals surface area contributed by atoms with Gasteiger partial charge in [-0.3, -0.25) is 9.36 Å². The Morgan fingerprint density at radius 2 is 1.78 bits per heavy atom. The lowest BCUT2D eigenvalue weighted by Gasteiger charge is -2.36. The number of hydrogen-bond donors (Lipinski definition) is 2. The molecular weight excluding hydrogens is 741 g/mol. The number of rotatable bonds is 14. The fraction of sp³-hybridized carbons (Fsp3) is 0.390. The van der Waals surface area contributed by atoms with Crippen LogP contribution in [0.5, 0.6) is 5.75 Å². The molecule has 54 heavy (non-hydrogen) atoms. The van der Waals surface area contributed by atoms with Gasteiger partial charge in [0.15, 0.2) is 8.32 Å². The average molecular weight is 790 g/mol. The molecule has 13 heteroatoms. The Kier molecular flexibility index (Phi) is 11.7. The van der Waals surface area contributed by atoms with Gasteiger partial charge in [-0.1, -0.05) is 44.5 Å². The number of phenols is 1. The van der Waals surface area contributed by atoms with Gasteiger partial charge in [0.2, 0.25) is 0 Å². The van der Waals surface area contributed by atoms with Gasteiger partial charge in [-0.15, -0.1) is 0 Å². The summed E-state index contributed by atoms with van der Waals surface area (Å²) in [4.78, 5) is 16.5. The van der Waals surface area contributed by atoms with Crippen molar-refractivity contribution in [2.24, 2.45) is 14.1 Å². The predicted molar refractivity (Wildman–Crippen MR) is 220 cm³/mol. The Hall–Kier alpha value is -4.10. The van der Waals surface area contributed by atoms with E-state index < -0.39 is 14.3 Å². The number of aryl methyl sites for hydroxylation is 5. The van der Waals surface area contributed by atoms with Crippen molar-refractivity contribution >= 4 is 59.3 Å². The Labute approximate surface area is 326 Å². The van der Waals surface area contributed by atoms with Gasteiger partial charge in [-0.05, 0) is 96.7 Å². The van der Waals surface area contributed by atoms with Gasteiger partial charge < -0.3 is 19.3 Å². The third kappa shape index (κ3) is 8.26. The smallest absolute Gasteiger partial charge is 0.354 e. The summed E-state index contributed by atoms with van der Waals surface area (Å²) in [5, 5.41) is 22.8. The van der Waals surface area contributed by atoms with Crippen molar-refractivity contribution in [3.05, 3.63) is 99.3 Å². The van der Waals surface area contributed by atoms with Crippen molar-refractivity contribution in [1.82, 2.24) is 24.5 Å². The third-order valence-corrected chi connectivity index (χ3v) is 16.5. The van der Waals surface area contributed by atoms with E-state index in [4.69, 9.17) is 25.9 Å². The number of aromatic nitrogens is 5. The van der Waals surface area contributed by atoms with E-state index in [1.54, 1.807) is 23.9 Å². The first-order valence-corrected chi connectivity index (χ1v) is 22.6. The topological polar surface area (TPSA) is 107 Å². The number of methoxy groups -OCH3 is 1. The molecule has 6 rings (SSSR count). The Balaban J connectivity index is 1.17. The highest BCUT2D eigenvalue weighted by atomic mass is 35.5. The summed E-state index contributed by atoms with van der Waals surface area (Å²) in [6.45, 7) is 11.8. The largest absolute Gasteiger partial charge is 0.507 e. The van der Waals surface area contributed by atoms with Gasteiger partial charge >= 0.3 is 5.97 Å². The zero-order chi connectivity index (χ0) is 38.9. The molecule has 0 radical (unpaired) electrons. The number of H-pyrrole nitrogens is 1. The number of aromatic amines is 1. The van der Waals surface area contributed by atoms with Crippen LogP contribution in [0, 0.1) is 5.82 Å². The maximum Gasteiger partial charge on any atom is 0.354 e. The van der Waals surface area contributed by atoms with Crippen LogP contribution in [0.15, 0.2) is 54.7 Å². The maximum atomic E-state index is 13.8. The zero-order valence-electron chi connectivity index (χ0n) is 32.3. The van der Waals surface area contributed by atoms with Gasteiger partial charge in [0.05, 0.1) is 35.2 Å². The number of carbonyl (C=O) groups excluding carboxylic acids is 1. The minimum absolute atomic E-state index is 0.117. The molecule has 0 aliphatic heterocycles. The highest BCUT2D eigenvalue weighted by Gasteiger charge is 2.37. The van der Waals surface area contributed by atoms with E-state index in [2.05, 4.69) is 50.0 Å². The van der Waals surface area contributed by atoms with Crippen molar-refractivity contribution < 1.29 is 23.5 Å².